The highest BCUT2D eigenvalue weighted by molar-refractivity contribution is 6.31. The van der Waals surface area contributed by atoms with Crippen molar-refractivity contribution >= 4 is 23.2 Å². The summed E-state index contributed by atoms with van der Waals surface area (Å²) in [7, 11) is 1.80. The Labute approximate surface area is 124 Å². The first-order chi connectivity index (χ1) is 9.63. The Kier molecular flexibility index (Phi) is 4.64. The molecule has 0 spiro atoms. The predicted octanol–water partition coefficient (Wildman–Crippen LogP) is 3.87. The van der Waals surface area contributed by atoms with E-state index in [1.807, 2.05) is 49.4 Å². The molecule has 0 radical (unpaired) electrons. The number of halogens is 1. The van der Waals surface area contributed by atoms with Crippen LogP contribution in [0.25, 0.3) is 0 Å². The molecule has 0 aliphatic rings. The zero-order chi connectivity index (χ0) is 14.5. The fourth-order valence-corrected chi connectivity index (χ4v) is 2.38. The molecule has 1 atom stereocenters. The van der Waals surface area contributed by atoms with Crippen molar-refractivity contribution in [3.8, 4) is 0 Å². The van der Waals surface area contributed by atoms with E-state index in [1.165, 1.54) is 0 Å². The average Bonchev–Trinajstić information content (AvgIpc) is 2.47. The Morgan fingerprint density at radius 3 is 2.45 bits per heavy atom. The van der Waals surface area contributed by atoms with Crippen LogP contribution in [0.15, 0.2) is 48.5 Å². The minimum Gasteiger partial charge on any atom is -0.387 e. The van der Waals surface area contributed by atoms with E-state index in [1.54, 1.807) is 13.1 Å². The zero-order valence-corrected chi connectivity index (χ0v) is 12.2. The molecule has 20 heavy (non-hydrogen) atoms. The van der Waals surface area contributed by atoms with Gasteiger partial charge in [0.1, 0.15) is 0 Å². The summed E-state index contributed by atoms with van der Waals surface area (Å²) in [5.74, 6) is -0.123. The monoisotopic (exact) mass is 288 g/mol. The van der Waals surface area contributed by atoms with Gasteiger partial charge in [0.25, 0.3) is 5.91 Å². The summed E-state index contributed by atoms with van der Waals surface area (Å²) in [6.07, 6.45) is 0. The van der Waals surface area contributed by atoms with Crippen LogP contribution in [0.3, 0.4) is 0 Å². The minimum atomic E-state index is -0.152. The predicted molar refractivity (Wildman–Crippen MR) is 83.3 cm³/mol. The number of carbonyl (C=O) groups is 1. The molecule has 0 aliphatic heterocycles. The average molecular weight is 289 g/mol. The number of para-hydroxylation sites is 1. The van der Waals surface area contributed by atoms with Crippen molar-refractivity contribution in [3.63, 3.8) is 0 Å². The molecule has 3 nitrogen and oxygen atoms in total. The van der Waals surface area contributed by atoms with Crippen molar-refractivity contribution in [2.45, 2.75) is 13.0 Å². The molecular formula is C16H17ClN2O. The van der Waals surface area contributed by atoms with Crippen LogP contribution in [0, 0.1) is 0 Å². The van der Waals surface area contributed by atoms with Gasteiger partial charge in [-0.2, -0.15) is 0 Å². The number of hydrogen-bond acceptors (Lipinski definition) is 2. The Balaban J connectivity index is 2.18. The van der Waals surface area contributed by atoms with E-state index in [9.17, 15) is 4.79 Å². The van der Waals surface area contributed by atoms with Gasteiger partial charge in [0.15, 0.2) is 0 Å². The number of benzene rings is 2. The van der Waals surface area contributed by atoms with E-state index in [2.05, 4.69) is 10.6 Å². The largest absolute Gasteiger partial charge is 0.387 e. The van der Waals surface area contributed by atoms with Gasteiger partial charge in [0.05, 0.1) is 11.6 Å². The normalized spacial score (nSPS) is 11.8. The summed E-state index contributed by atoms with van der Waals surface area (Å²) >= 11 is 6.14. The molecule has 0 saturated heterocycles. The Morgan fingerprint density at radius 1 is 1.10 bits per heavy atom. The smallest absolute Gasteiger partial charge is 0.253 e. The van der Waals surface area contributed by atoms with Crippen LogP contribution in [0.5, 0.6) is 0 Å². The van der Waals surface area contributed by atoms with Crippen LogP contribution in [0.2, 0.25) is 5.02 Å². The maximum absolute atomic E-state index is 12.3. The van der Waals surface area contributed by atoms with Crippen molar-refractivity contribution in [2.24, 2.45) is 0 Å². The fraction of sp³-hybridized carbons (Fsp3) is 0.188. The van der Waals surface area contributed by atoms with E-state index in [-0.39, 0.29) is 11.9 Å². The maximum Gasteiger partial charge on any atom is 0.253 e. The van der Waals surface area contributed by atoms with Gasteiger partial charge in [0.2, 0.25) is 0 Å². The van der Waals surface area contributed by atoms with Gasteiger partial charge in [-0.25, -0.2) is 0 Å². The van der Waals surface area contributed by atoms with E-state index >= 15 is 0 Å². The summed E-state index contributed by atoms with van der Waals surface area (Å²) in [6, 6.07) is 14.8. The molecule has 4 heteroatoms. The molecule has 0 saturated carbocycles. The van der Waals surface area contributed by atoms with Gasteiger partial charge in [0, 0.05) is 17.8 Å². The van der Waals surface area contributed by atoms with E-state index in [0.29, 0.717) is 10.6 Å². The molecule has 0 aliphatic carbocycles. The lowest BCUT2D eigenvalue weighted by molar-refractivity contribution is 0.0940. The molecule has 2 aromatic carbocycles. The molecule has 2 rings (SSSR count). The lowest BCUT2D eigenvalue weighted by Crippen LogP contribution is -2.27. The second-order valence-corrected chi connectivity index (χ2v) is 4.92. The third kappa shape index (κ3) is 3.11. The van der Waals surface area contributed by atoms with Crippen LogP contribution in [-0.4, -0.2) is 13.0 Å². The van der Waals surface area contributed by atoms with Crippen molar-refractivity contribution in [1.29, 1.82) is 0 Å². The van der Waals surface area contributed by atoms with Crippen LogP contribution >= 0.6 is 11.6 Å². The Bertz CT molecular complexity index is 613. The topological polar surface area (TPSA) is 41.1 Å². The Morgan fingerprint density at radius 2 is 1.75 bits per heavy atom. The van der Waals surface area contributed by atoms with Crippen molar-refractivity contribution in [2.75, 3.05) is 12.4 Å². The fourth-order valence-electron chi connectivity index (χ4n) is 2.08. The second kappa shape index (κ2) is 6.44. The molecule has 1 amide bonds. The number of nitrogens with one attached hydrogen (secondary N) is 2. The van der Waals surface area contributed by atoms with Crippen molar-refractivity contribution < 1.29 is 4.79 Å². The maximum atomic E-state index is 12.3. The van der Waals surface area contributed by atoms with Crippen LogP contribution in [0.4, 0.5) is 5.69 Å². The molecule has 2 aromatic rings. The molecule has 0 aromatic heterocycles. The molecule has 0 heterocycles. The number of carbonyl (C=O) groups excluding carboxylic acids is 1. The number of rotatable bonds is 4. The number of anilines is 1. The molecular weight excluding hydrogens is 272 g/mol. The first kappa shape index (κ1) is 14.4. The number of amides is 1. The lowest BCUT2D eigenvalue weighted by Gasteiger charge is -2.17. The van der Waals surface area contributed by atoms with Gasteiger partial charge in [-0.1, -0.05) is 41.9 Å². The standard InChI is InChI=1S/C16H17ClN2O/c1-11(12-7-3-5-9-14(12)17)19-16(20)13-8-4-6-10-15(13)18-2/h3-11,18H,1-2H3,(H,19,20)/t11-/m1/s1. The first-order valence-corrected chi connectivity index (χ1v) is 6.83. The van der Waals surface area contributed by atoms with Gasteiger partial charge >= 0.3 is 0 Å². The SMILES string of the molecule is CNc1ccccc1C(=O)N[C@H](C)c1ccccc1Cl. The molecule has 2 N–H and O–H groups in total. The van der Waals surface area contributed by atoms with Gasteiger partial charge in [-0.3, -0.25) is 4.79 Å². The summed E-state index contributed by atoms with van der Waals surface area (Å²) in [6.45, 7) is 1.92. The molecule has 0 fully saturated rings. The van der Waals surface area contributed by atoms with Crippen LogP contribution in [0.1, 0.15) is 28.9 Å². The molecule has 104 valence electrons. The van der Waals surface area contributed by atoms with Crippen LogP contribution < -0.4 is 10.6 Å². The molecule has 0 bridgehead atoms. The van der Waals surface area contributed by atoms with Gasteiger partial charge < -0.3 is 10.6 Å². The van der Waals surface area contributed by atoms with Crippen LogP contribution in [-0.2, 0) is 0 Å². The minimum absolute atomic E-state index is 0.123. The third-order valence-corrected chi connectivity index (χ3v) is 3.50. The highest BCUT2D eigenvalue weighted by atomic mass is 35.5. The van der Waals surface area contributed by atoms with E-state index < -0.39 is 0 Å². The van der Waals surface area contributed by atoms with Crippen molar-refractivity contribution in [3.05, 3.63) is 64.7 Å². The van der Waals surface area contributed by atoms with E-state index in [4.69, 9.17) is 11.6 Å². The first-order valence-electron chi connectivity index (χ1n) is 6.45. The lowest BCUT2D eigenvalue weighted by atomic mass is 10.1. The summed E-state index contributed by atoms with van der Waals surface area (Å²) < 4.78 is 0. The summed E-state index contributed by atoms with van der Waals surface area (Å²) in [5.41, 5.74) is 2.33. The van der Waals surface area contributed by atoms with Gasteiger partial charge in [-0.15, -0.1) is 0 Å². The highest BCUT2D eigenvalue weighted by Crippen LogP contribution is 2.23. The Hall–Kier alpha value is -2.00. The quantitative estimate of drug-likeness (QED) is 0.896. The third-order valence-electron chi connectivity index (χ3n) is 3.16. The van der Waals surface area contributed by atoms with E-state index in [0.717, 1.165) is 11.3 Å². The second-order valence-electron chi connectivity index (χ2n) is 4.51. The highest BCUT2D eigenvalue weighted by Gasteiger charge is 2.15. The van der Waals surface area contributed by atoms with Crippen molar-refractivity contribution in [1.82, 2.24) is 5.32 Å². The number of hydrogen-bond donors (Lipinski definition) is 2. The summed E-state index contributed by atoms with van der Waals surface area (Å²) in [4.78, 5) is 12.3. The zero-order valence-electron chi connectivity index (χ0n) is 11.5. The summed E-state index contributed by atoms with van der Waals surface area (Å²) in [5, 5.41) is 6.63. The molecule has 0 unspecified atom stereocenters. The van der Waals surface area contributed by atoms with Gasteiger partial charge in [-0.05, 0) is 30.7 Å².